The van der Waals surface area contributed by atoms with Crippen molar-refractivity contribution in [3.8, 4) is 16.9 Å². The first-order valence-electron chi connectivity index (χ1n) is 8.97. The lowest BCUT2D eigenvalue weighted by Crippen LogP contribution is -2.26. The summed E-state index contributed by atoms with van der Waals surface area (Å²) in [5.74, 6) is 0.109. The Bertz CT molecular complexity index is 1020. The largest absolute Gasteiger partial charge is 0.424 e. The zero-order chi connectivity index (χ0) is 20.5. The quantitative estimate of drug-likeness (QED) is 0.311. The first-order valence-corrected chi connectivity index (χ1v) is 10.1. The number of esters is 1. The third-order valence-electron chi connectivity index (χ3n) is 4.21. The zero-order valence-electron chi connectivity index (χ0n) is 16.3. The molecule has 0 aliphatic rings. The van der Waals surface area contributed by atoms with Crippen molar-refractivity contribution in [2.45, 2.75) is 33.3 Å². The van der Waals surface area contributed by atoms with E-state index in [0.29, 0.717) is 10.8 Å². The van der Waals surface area contributed by atoms with Crippen molar-refractivity contribution < 1.29 is 14.3 Å². The van der Waals surface area contributed by atoms with E-state index in [1.165, 1.54) is 0 Å². The number of hydrogen-bond acceptors (Lipinski definition) is 3. The standard InChI is InChI=1S/C23H22BrClO3/c1-14-11-16-5-8-17(24)12-19(16)21(15-6-9-18(25)10-7-15)22(14)28-20(26)13-27-23(2,3)4/h5-12H,13H2,1-4H3. The molecule has 0 unspecified atom stereocenters. The maximum Gasteiger partial charge on any atom is 0.337 e. The van der Waals surface area contributed by atoms with Crippen molar-refractivity contribution in [1.29, 1.82) is 0 Å². The summed E-state index contributed by atoms with van der Waals surface area (Å²) < 4.78 is 12.3. The minimum absolute atomic E-state index is 0.112. The Balaban J connectivity index is 2.12. The number of hydrogen-bond donors (Lipinski definition) is 0. The molecule has 0 aliphatic carbocycles. The molecule has 0 radical (unpaired) electrons. The van der Waals surface area contributed by atoms with Crippen LogP contribution in [0.2, 0.25) is 5.02 Å². The molecule has 0 aromatic heterocycles. The summed E-state index contributed by atoms with van der Waals surface area (Å²) in [4.78, 5) is 12.5. The van der Waals surface area contributed by atoms with Crippen LogP contribution in [0.1, 0.15) is 26.3 Å². The number of rotatable bonds is 4. The van der Waals surface area contributed by atoms with Gasteiger partial charge in [-0.25, -0.2) is 4.79 Å². The van der Waals surface area contributed by atoms with Crippen molar-refractivity contribution in [1.82, 2.24) is 0 Å². The average Bonchev–Trinajstić information content (AvgIpc) is 2.61. The molecule has 3 aromatic rings. The Hall–Kier alpha value is -1.88. The zero-order valence-corrected chi connectivity index (χ0v) is 18.6. The van der Waals surface area contributed by atoms with Crippen LogP contribution in [0.15, 0.2) is 53.0 Å². The minimum atomic E-state index is -0.428. The molecule has 0 spiro atoms. The van der Waals surface area contributed by atoms with Crippen molar-refractivity contribution in [2.24, 2.45) is 0 Å². The average molecular weight is 462 g/mol. The van der Waals surface area contributed by atoms with Crippen LogP contribution in [0.3, 0.4) is 0 Å². The van der Waals surface area contributed by atoms with E-state index in [1.54, 1.807) is 0 Å². The molecule has 0 N–H and O–H groups in total. The van der Waals surface area contributed by atoms with Crippen molar-refractivity contribution in [3.63, 3.8) is 0 Å². The minimum Gasteiger partial charge on any atom is -0.424 e. The normalized spacial score (nSPS) is 11.6. The summed E-state index contributed by atoms with van der Waals surface area (Å²) in [7, 11) is 0. The highest BCUT2D eigenvalue weighted by atomic mass is 79.9. The van der Waals surface area contributed by atoms with E-state index in [2.05, 4.69) is 15.9 Å². The maximum atomic E-state index is 12.5. The maximum absolute atomic E-state index is 12.5. The Labute approximate surface area is 178 Å². The number of carbonyl (C=O) groups is 1. The van der Waals surface area contributed by atoms with Crippen LogP contribution in [0, 0.1) is 6.92 Å². The summed E-state index contributed by atoms with van der Waals surface area (Å²) in [6.45, 7) is 7.53. The van der Waals surface area contributed by atoms with Gasteiger partial charge in [0.25, 0.3) is 0 Å². The summed E-state index contributed by atoms with van der Waals surface area (Å²) in [5, 5.41) is 2.71. The second-order valence-corrected chi connectivity index (χ2v) is 9.00. The summed E-state index contributed by atoms with van der Waals surface area (Å²) in [5.41, 5.74) is 2.25. The van der Waals surface area contributed by atoms with Crippen molar-refractivity contribution >= 4 is 44.3 Å². The van der Waals surface area contributed by atoms with Crippen LogP contribution in [0.25, 0.3) is 21.9 Å². The first kappa shape index (κ1) is 20.8. The fourth-order valence-corrected chi connectivity index (χ4v) is 3.43. The molecule has 0 amide bonds. The molecule has 3 nitrogen and oxygen atoms in total. The fraction of sp³-hybridized carbons (Fsp3) is 0.261. The van der Waals surface area contributed by atoms with E-state index in [-0.39, 0.29) is 6.61 Å². The van der Waals surface area contributed by atoms with Gasteiger partial charge in [0.15, 0.2) is 0 Å². The predicted octanol–water partition coefficient (Wildman–Crippen LogP) is 6.95. The molecule has 0 heterocycles. The lowest BCUT2D eigenvalue weighted by atomic mass is 9.94. The van der Waals surface area contributed by atoms with E-state index in [4.69, 9.17) is 21.1 Å². The molecule has 0 saturated heterocycles. The number of halogens is 2. The van der Waals surface area contributed by atoms with E-state index < -0.39 is 11.6 Å². The van der Waals surface area contributed by atoms with Crippen LogP contribution in [0.5, 0.6) is 5.75 Å². The first-order chi connectivity index (χ1) is 13.1. The number of carbonyl (C=O) groups excluding carboxylic acids is 1. The van der Waals surface area contributed by atoms with E-state index >= 15 is 0 Å². The Morgan fingerprint density at radius 3 is 2.39 bits per heavy atom. The molecule has 0 fully saturated rings. The molecule has 3 aromatic carbocycles. The Kier molecular flexibility index (Phi) is 6.13. The van der Waals surface area contributed by atoms with Gasteiger partial charge < -0.3 is 9.47 Å². The molecular formula is C23H22BrClO3. The summed E-state index contributed by atoms with van der Waals surface area (Å²) >= 11 is 9.62. The molecule has 3 rings (SSSR count). The van der Waals surface area contributed by atoms with Gasteiger partial charge in [-0.1, -0.05) is 45.7 Å². The van der Waals surface area contributed by atoms with Crippen LogP contribution < -0.4 is 4.74 Å². The number of ether oxygens (including phenoxy) is 2. The summed E-state index contributed by atoms with van der Waals surface area (Å²) in [6, 6.07) is 15.6. The second-order valence-electron chi connectivity index (χ2n) is 7.65. The van der Waals surface area contributed by atoms with Crippen molar-refractivity contribution in [3.05, 3.63) is 63.6 Å². The van der Waals surface area contributed by atoms with E-state index in [1.807, 2.05) is 76.2 Å². The molecule has 28 heavy (non-hydrogen) atoms. The van der Waals surface area contributed by atoms with Crippen LogP contribution >= 0.6 is 27.5 Å². The van der Waals surface area contributed by atoms with Gasteiger partial charge in [-0.05, 0) is 79.9 Å². The molecule has 0 saturated carbocycles. The highest BCUT2D eigenvalue weighted by Gasteiger charge is 2.20. The van der Waals surface area contributed by atoms with Gasteiger partial charge in [0.1, 0.15) is 12.4 Å². The topological polar surface area (TPSA) is 35.5 Å². The van der Waals surface area contributed by atoms with Gasteiger partial charge in [0.2, 0.25) is 0 Å². The molecule has 5 heteroatoms. The smallest absolute Gasteiger partial charge is 0.337 e. The predicted molar refractivity (Wildman–Crippen MR) is 118 cm³/mol. The lowest BCUT2D eigenvalue weighted by molar-refractivity contribution is -0.144. The number of fused-ring (bicyclic) bond motifs is 1. The van der Waals surface area contributed by atoms with Crippen molar-refractivity contribution in [2.75, 3.05) is 6.61 Å². The third-order valence-corrected chi connectivity index (χ3v) is 4.96. The number of aryl methyl sites for hydroxylation is 1. The van der Waals surface area contributed by atoms with Crippen LogP contribution in [0.4, 0.5) is 0 Å². The SMILES string of the molecule is Cc1cc2ccc(Br)cc2c(-c2ccc(Cl)cc2)c1OC(=O)COC(C)(C)C. The van der Waals surface area contributed by atoms with Gasteiger partial charge in [-0.3, -0.25) is 0 Å². The molecule has 0 aliphatic heterocycles. The summed E-state index contributed by atoms with van der Waals surface area (Å²) in [6.07, 6.45) is 0. The van der Waals surface area contributed by atoms with Gasteiger partial charge >= 0.3 is 5.97 Å². The van der Waals surface area contributed by atoms with E-state index in [9.17, 15) is 4.79 Å². The molecule has 146 valence electrons. The van der Waals surface area contributed by atoms with E-state index in [0.717, 1.165) is 31.9 Å². The van der Waals surface area contributed by atoms with Gasteiger partial charge in [-0.2, -0.15) is 0 Å². The Morgan fingerprint density at radius 1 is 1.07 bits per heavy atom. The Morgan fingerprint density at radius 2 is 1.75 bits per heavy atom. The highest BCUT2D eigenvalue weighted by Crippen LogP contribution is 2.41. The van der Waals surface area contributed by atoms with Gasteiger partial charge in [-0.15, -0.1) is 0 Å². The fourth-order valence-electron chi connectivity index (χ4n) is 2.94. The lowest BCUT2D eigenvalue weighted by Gasteiger charge is -2.20. The van der Waals surface area contributed by atoms with Gasteiger partial charge in [0, 0.05) is 15.1 Å². The molecule has 0 atom stereocenters. The highest BCUT2D eigenvalue weighted by molar-refractivity contribution is 9.10. The number of benzene rings is 3. The molecular weight excluding hydrogens is 440 g/mol. The monoisotopic (exact) mass is 460 g/mol. The van der Waals surface area contributed by atoms with Gasteiger partial charge in [0.05, 0.1) is 5.60 Å². The second kappa shape index (κ2) is 8.24. The molecule has 0 bridgehead atoms. The van der Waals surface area contributed by atoms with Crippen LogP contribution in [-0.4, -0.2) is 18.2 Å². The van der Waals surface area contributed by atoms with Crippen LogP contribution in [-0.2, 0) is 9.53 Å². The third kappa shape index (κ3) is 4.93.